The van der Waals surface area contributed by atoms with Gasteiger partial charge in [0, 0.05) is 5.56 Å². The highest BCUT2D eigenvalue weighted by Crippen LogP contribution is 2.09. The van der Waals surface area contributed by atoms with Crippen molar-refractivity contribution in [3.05, 3.63) is 35.4 Å². The van der Waals surface area contributed by atoms with Crippen LogP contribution in [0.25, 0.3) is 0 Å². The first-order valence-electron chi connectivity index (χ1n) is 6.68. The second-order valence-electron chi connectivity index (χ2n) is 5.08. The predicted octanol–water partition coefficient (Wildman–Crippen LogP) is 0.332. The molecule has 0 atom stereocenters. The van der Waals surface area contributed by atoms with Gasteiger partial charge in [-0.1, -0.05) is 18.2 Å². The number of aliphatic imine (C=N–C) groups is 1. The van der Waals surface area contributed by atoms with Crippen molar-refractivity contribution < 1.29 is 23.9 Å². The van der Waals surface area contributed by atoms with Crippen LogP contribution >= 0.6 is 0 Å². The van der Waals surface area contributed by atoms with Crippen LogP contribution in [0.2, 0.25) is 0 Å². The minimum Gasteiger partial charge on any atom is -0.545 e. The summed E-state index contributed by atoms with van der Waals surface area (Å²) >= 11 is 0. The third kappa shape index (κ3) is 5.35. The van der Waals surface area contributed by atoms with E-state index in [1.807, 2.05) is 6.34 Å². The number of nitrogens with zero attached hydrogens (tertiary/aromatic N) is 2. The number of ether oxygens (including phenoxy) is 1. The van der Waals surface area contributed by atoms with Gasteiger partial charge in [-0.3, -0.25) is 4.48 Å². The minimum absolute atomic E-state index is 0.0225. The fourth-order valence-corrected chi connectivity index (χ4v) is 1.70. The number of hydrogen-bond acceptors (Lipinski definition) is 5. The molecule has 6 heteroatoms. The summed E-state index contributed by atoms with van der Waals surface area (Å²) in [4.78, 5) is 26.0. The van der Waals surface area contributed by atoms with Gasteiger partial charge in [0.2, 0.25) is 0 Å². The summed E-state index contributed by atoms with van der Waals surface area (Å²) in [6.07, 6.45) is 1.99. The summed E-state index contributed by atoms with van der Waals surface area (Å²) in [5.74, 6) is -2.03. The number of rotatable bonds is 3. The Morgan fingerprint density at radius 1 is 1.29 bits per heavy atom. The number of likely N-dealkylation sites (N-methyl/N-ethyl adjacent to an activating group) is 1. The van der Waals surface area contributed by atoms with Gasteiger partial charge in [-0.05, 0) is 13.0 Å². The monoisotopic (exact) mass is 292 g/mol. The maximum Gasteiger partial charge on any atom is 0.338 e. The third-order valence-electron chi connectivity index (χ3n) is 2.84. The summed E-state index contributed by atoms with van der Waals surface area (Å²) in [5, 5.41) is 10.6. The Kier molecular flexibility index (Phi) is 6.05. The zero-order valence-electron chi connectivity index (χ0n) is 12.5. The zero-order valence-corrected chi connectivity index (χ0v) is 12.5. The molecular weight excluding hydrogens is 272 g/mol. The van der Waals surface area contributed by atoms with Gasteiger partial charge in [0.05, 0.1) is 38.8 Å². The second-order valence-corrected chi connectivity index (χ2v) is 5.08. The van der Waals surface area contributed by atoms with Gasteiger partial charge in [0.25, 0.3) is 0 Å². The smallest absolute Gasteiger partial charge is 0.338 e. The molecule has 0 saturated heterocycles. The van der Waals surface area contributed by atoms with E-state index in [0.717, 1.165) is 11.0 Å². The quantitative estimate of drug-likeness (QED) is 0.594. The molecule has 2 rings (SSSR count). The van der Waals surface area contributed by atoms with E-state index in [9.17, 15) is 14.7 Å². The lowest BCUT2D eigenvalue weighted by Gasteiger charge is -2.16. The van der Waals surface area contributed by atoms with Gasteiger partial charge in [-0.15, -0.1) is 0 Å². The first-order chi connectivity index (χ1) is 9.87. The molecule has 1 aliphatic rings. The molecule has 0 bridgehead atoms. The maximum atomic E-state index is 11.3. The molecule has 6 nitrogen and oxygen atoms in total. The van der Waals surface area contributed by atoms with Crippen LogP contribution in [0.15, 0.2) is 29.3 Å². The van der Waals surface area contributed by atoms with Crippen LogP contribution in [0.1, 0.15) is 27.6 Å². The fraction of sp³-hybridized carbons (Fsp3) is 0.400. The van der Waals surface area contributed by atoms with Crippen LogP contribution in [0, 0.1) is 0 Å². The lowest BCUT2D eigenvalue weighted by molar-refractivity contribution is -0.784. The lowest BCUT2D eigenvalue weighted by atomic mass is 10.1. The summed E-state index contributed by atoms with van der Waals surface area (Å²) in [7, 11) is 4.30. The van der Waals surface area contributed by atoms with Gasteiger partial charge in [0.1, 0.15) is 6.54 Å². The highest BCUT2D eigenvalue weighted by atomic mass is 16.5. The van der Waals surface area contributed by atoms with Crippen molar-refractivity contribution in [1.82, 2.24) is 0 Å². The maximum absolute atomic E-state index is 11.3. The number of carbonyl (C=O) groups is 2. The molecule has 1 heterocycles. The first kappa shape index (κ1) is 16.8. The number of benzene rings is 1. The molecule has 0 N–H and O–H groups in total. The van der Waals surface area contributed by atoms with Crippen LogP contribution in [-0.2, 0) is 4.74 Å². The molecule has 0 fully saturated rings. The average Bonchev–Trinajstić information content (AvgIpc) is 2.84. The largest absolute Gasteiger partial charge is 0.545 e. The molecule has 114 valence electrons. The molecule has 1 aromatic carbocycles. The Balaban J connectivity index is 0.000000262. The normalized spacial score (nSPS) is 15.0. The number of esters is 1. The van der Waals surface area contributed by atoms with Gasteiger partial charge in [-0.2, -0.15) is 0 Å². The first-order valence-corrected chi connectivity index (χ1v) is 6.68. The van der Waals surface area contributed by atoms with Gasteiger partial charge < -0.3 is 14.6 Å². The number of carboxylic acid groups (broad SMARTS) is 1. The van der Waals surface area contributed by atoms with E-state index in [1.165, 1.54) is 24.7 Å². The Bertz CT molecular complexity index is 538. The Hall–Kier alpha value is -2.21. The van der Waals surface area contributed by atoms with Crippen LogP contribution in [0.5, 0.6) is 0 Å². The van der Waals surface area contributed by atoms with Crippen molar-refractivity contribution in [2.75, 3.05) is 33.8 Å². The molecule has 1 aromatic rings. The van der Waals surface area contributed by atoms with E-state index >= 15 is 0 Å². The molecule has 0 amide bonds. The summed E-state index contributed by atoms with van der Waals surface area (Å²) in [6, 6.07) is 5.79. The average molecular weight is 292 g/mol. The molecule has 0 aliphatic carbocycles. The third-order valence-corrected chi connectivity index (χ3v) is 2.84. The van der Waals surface area contributed by atoms with E-state index in [0.29, 0.717) is 0 Å². The van der Waals surface area contributed by atoms with Crippen molar-refractivity contribution in [3.8, 4) is 0 Å². The standard InChI is InChI=1S/C10H10O4.C5H11N2/c1-2-14-10(13)8-6-4-3-5-7(8)9(11)12;1-7(2)4-3-6-5-7/h3-6H,2H2,1H3,(H,11,12);5H,3-4H2,1-2H3/q;+1/p-1. The van der Waals surface area contributed by atoms with E-state index < -0.39 is 11.9 Å². The number of hydrogen-bond donors (Lipinski definition) is 0. The Morgan fingerprint density at radius 2 is 1.90 bits per heavy atom. The number of carbonyl (C=O) groups excluding carboxylic acids is 2. The number of aromatic carboxylic acids is 1. The molecule has 0 aromatic heterocycles. The molecule has 0 unspecified atom stereocenters. The molecule has 21 heavy (non-hydrogen) atoms. The molecule has 1 aliphatic heterocycles. The van der Waals surface area contributed by atoms with E-state index in [2.05, 4.69) is 23.8 Å². The SMILES string of the molecule is CCOC(=O)c1ccccc1C(=O)[O-].C[N+]1(C)C=NCC1. The van der Waals surface area contributed by atoms with Gasteiger partial charge in [0.15, 0.2) is 6.34 Å². The van der Waals surface area contributed by atoms with E-state index in [-0.39, 0.29) is 17.7 Å². The lowest BCUT2D eigenvalue weighted by Crippen LogP contribution is -2.35. The van der Waals surface area contributed by atoms with Crippen LogP contribution < -0.4 is 5.11 Å². The Labute approximate surface area is 124 Å². The summed E-state index contributed by atoms with van der Waals surface area (Å²) in [6.45, 7) is 4.03. The van der Waals surface area contributed by atoms with Gasteiger partial charge >= 0.3 is 5.97 Å². The summed E-state index contributed by atoms with van der Waals surface area (Å²) in [5.41, 5.74) is -0.125. The Morgan fingerprint density at radius 3 is 2.29 bits per heavy atom. The van der Waals surface area contributed by atoms with Gasteiger partial charge in [-0.25, -0.2) is 9.79 Å². The second kappa shape index (κ2) is 7.54. The van der Waals surface area contributed by atoms with Crippen molar-refractivity contribution in [2.24, 2.45) is 4.99 Å². The molecule has 0 spiro atoms. The van der Waals surface area contributed by atoms with Crippen molar-refractivity contribution in [3.63, 3.8) is 0 Å². The molecule has 0 radical (unpaired) electrons. The van der Waals surface area contributed by atoms with Crippen molar-refractivity contribution in [1.29, 1.82) is 0 Å². The van der Waals surface area contributed by atoms with Crippen LogP contribution in [0.4, 0.5) is 0 Å². The van der Waals surface area contributed by atoms with Crippen LogP contribution in [0.3, 0.4) is 0 Å². The minimum atomic E-state index is -1.38. The highest BCUT2D eigenvalue weighted by molar-refractivity contribution is 6.01. The van der Waals surface area contributed by atoms with E-state index in [1.54, 1.807) is 13.0 Å². The number of quaternary nitrogens is 1. The topological polar surface area (TPSA) is 78.8 Å². The predicted molar refractivity (Wildman–Crippen MR) is 77.1 cm³/mol. The van der Waals surface area contributed by atoms with Crippen molar-refractivity contribution >= 4 is 18.3 Å². The zero-order chi connectivity index (χ0) is 15.9. The molecule has 0 saturated carbocycles. The summed E-state index contributed by atoms with van der Waals surface area (Å²) < 4.78 is 5.65. The number of carboxylic acids is 1. The molecular formula is C15H20N2O4. The fourth-order valence-electron chi connectivity index (χ4n) is 1.70. The van der Waals surface area contributed by atoms with Crippen molar-refractivity contribution in [2.45, 2.75) is 6.92 Å². The van der Waals surface area contributed by atoms with E-state index in [4.69, 9.17) is 0 Å². The highest BCUT2D eigenvalue weighted by Gasteiger charge is 2.15. The van der Waals surface area contributed by atoms with Crippen LogP contribution in [-0.4, -0.2) is 56.6 Å².